The van der Waals surface area contributed by atoms with Crippen LogP contribution in [0, 0.1) is 6.92 Å². The van der Waals surface area contributed by atoms with E-state index >= 15 is 0 Å². The molecule has 0 bridgehead atoms. The lowest BCUT2D eigenvalue weighted by Gasteiger charge is -2.09. The van der Waals surface area contributed by atoms with E-state index in [1.54, 1.807) is 6.92 Å². The number of nitrogens with zero attached hydrogens (tertiary/aromatic N) is 1. The van der Waals surface area contributed by atoms with E-state index in [0.29, 0.717) is 16.4 Å². The van der Waals surface area contributed by atoms with Gasteiger partial charge in [0.25, 0.3) is 5.56 Å². The minimum Gasteiger partial charge on any atom is -0.301 e. The Morgan fingerprint density at radius 3 is 2.47 bits per heavy atom. The second kappa shape index (κ2) is 6.79. The van der Waals surface area contributed by atoms with Crippen molar-refractivity contribution in [2.24, 2.45) is 0 Å². The van der Waals surface area contributed by atoms with Crippen molar-refractivity contribution in [3.8, 4) is 0 Å². The molecule has 7 heteroatoms. The van der Waals surface area contributed by atoms with E-state index in [4.69, 9.17) is 0 Å². The zero-order chi connectivity index (χ0) is 14.6. The minimum atomic E-state index is -2.30. The van der Waals surface area contributed by atoms with E-state index in [0.717, 1.165) is 11.8 Å². The first-order valence-corrected chi connectivity index (χ1v) is 6.74. The van der Waals surface area contributed by atoms with E-state index in [1.807, 2.05) is 13.8 Å². The lowest BCUT2D eigenvalue weighted by atomic mass is 10.0. The van der Waals surface area contributed by atoms with Crippen LogP contribution in [0.1, 0.15) is 37.4 Å². The van der Waals surface area contributed by atoms with Crippen molar-refractivity contribution in [3.63, 3.8) is 0 Å². The van der Waals surface area contributed by atoms with Crippen LogP contribution in [0.4, 0.5) is 13.2 Å². The van der Waals surface area contributed by atoms with E-state index in [1.165, 1.54) is 0 Å². The summed E-state index contributed by atoms with van der Waals surface area (Å²) in [5.74, 6) is -1.28. The molecule has 1 heterocycles. The Bertz CT molecular complexity index is 536. The smallest absolute Gasteiger partial charge is 0.301 e. The molecule has 0 amide bonds. The number of thioether (sulfide) groups is 1. The summed E-state index contributed by atoms with van der Waals surface area (Å²) >= 11 is 1.04. The molecule has 1 N–H and O–H groups in total. The molecule has 19 heavy (non-hydrogen) atoms. The quantitative estimate of drug-likeness (QED) is 0.664. The van der Waals surface area contributed by atoms with Crippen molar-refractivity contribution in [1.82, 2.24) is 9.97 Å². The van der Waals surface area contributed by atoms with Crippen LogP contribution in [-0.2, 0) is 0 Å². The lowest BCUT2D eigenvalue weighted by Crippen LogP contribution is -2.18. The number of aryl methyl sites for hydroxylation is 1. The van der Waals surface area contributed by atoms with Gasteiger partial charge in [0.1, 0.15) is 0 Å². The molecule has 0 aliphatic carbocycles. The Balaban J connectivity index is 2.77. The molecule has 0 saturated carbocycles. The molecule has 0 fully saturated rings. The maximum atomic E-state index is 12.6. The summed E-state index contributed by atoms with van der Waals surface area (Å²) < 4.78 is 36.3. The van der Waals surface area contributed by atoms with Crippen molar-refractivity contribution >= 4 is 11.8 Å². The van der Waals surface area contributed by atoms with Gasteiger partial charge in [0.05, 0.1) is 0 Å². The summed E-state index contributed by atoms with van der Waals surface area (Å²) in [5.41, 5.74) is 0.969. The minimum absolute atomic E-state index is 0.0521. The standard InChI is InChI=1S/C12H15F3N2OS/c1-6(2)9-7(3)16-12(17-11(9)18)19-5-4-8(13)10(14)15/h6H,4-5H2,1-3H3,(H,16,17,18). The molecular weight excluding hydrogens is 277 g/mol. The highest BCUT2D eigenvalue weighted by atomic mass is 32.2. The number of hydrogen-bond acceptors (Lipinski definition) is 3. The highest BCUT2D eigenvalue weighted by Crippen LogP contribution is 2.21. The molecule has 0 aliphatic rings. The summed E-state index contributed by atoms with van der Waals surface area (Å²) in [6.45, 7) is 5.49. The van der Waals surface area contributed by atoms with Crippen molar-refractivity contribution in [1.29, 1.82) is 0 Å². The predicted molar refractivity (Wildman–Crippen MR) is 69.4 cm³/mol. The van der Waals surface area contributed by atoms with Crippen LogP contribution in [-0.4, -0.2) is 15.7 Å². The third-order valence-corrected chi connectivity index (χ3v) is 3.34. The summed E-state index contributed by atoms with van der Waals surface area (Å²) in [5, 5.41) is 0.318. The average Bonchev–Trinajstić information content (AvgIpc) is 2.26. The van der Waals surface area contributed by atoms with Gasteiger partial charge in [0, 0.05) is 23.4 Å². The number of aromatic amines is 1. The van der Waals surface area contributed by atoms with Crippen LogP contribution in [0.5, 0.6) is 0 Å². The first-order valence-electron chi connectivity index (χ1n) is 5.76. The van der Waals surface area contributed by atoms with E-state index in [2.05, 4.69) is 9.97 Å². The fourth-order valence-corrected chi connectivity index (χ4v) is 2.49. The molecule has 0 radical (unpaired) electrons. The topological polar surface area (TPSA) is 45.8 Å². The second-order valence-electron chi connectivity index (χ2n) is 4.29. The monoisotopic (exact) mass is 292 g/mol. The fraction of sp³-hybridized carbons (Fsp3) is 0.500. The van der Waals surface area contributed by atoms with Crippen molar-refractivity contribution in [3.05, 3.63) is 33.5 Å². The summed E-state index contributed by atoms with van der Waals surface area (Å²) in [6, 6.07) is 0. The van der Waals surface area contributed by atoms with Crippen LogP contribution < -0.4 is 5.56 Å². The number of aromatic nitrogens is 2. The molecule has 1 rings (SSSR count). The van der Waals surface area contributed by atoms with Gasteiger partial charge in [-0.1, -0.05) is 25.6 Å². The number of rotatable bonds is 5. The van der Waals surface area contributed by atoms with Crippen LogP contribution in [0.2, 0.25) is 0 Å². The van der Waals surface area contributed by atoms with Crippen LogP contribution in [0.15, 0.2) is 21.9 Å². The van der Waals surface area contributed by atoms with Gasteiger partial charge in [-0.05, 0) is 12.8 Å². The number of hydrogen-bond donors (Lipinski definition) is 1. The third kappa shape index (κ3) is 4.41. The molecular formula is C12H15F3N2OS. The molecule has 0 unspecified atom stereocenters. The van der Waals surface area contributed by atoms with Gasteiger partial charge < -0.3 is 4.98 Å². The second-order valence-corrected chi connectivity index (χ2v) is 5.37. The molecule has 1 aromatic heterocycles. The summed E-state index contributed by atoms with van der Waals surface area (Å²) in [6.07, 6.45) is -2.69. The zero-order valence-corrected chi connectivity index (χ0v) is 11.7. The van der Waals surface area contributed by atoms with Crippen LogP contribution >= 0.6 is 11.8 Å². The number of allylic oxidation sites excluding steroid dienone is 1. The Morgan fingerprint density at radius 2 is 2.00 bits per heavy atom. The number of nitrogens with one attached hydrogen (secondary N) is 1. The first kappa shape index (κ1) is 15.8. The zero-order valence-electron chi connectivity index (χ0n) is 10.9. The SMILES string of the molecule is Cc1nc(SCCC(F)=C(F)F)[nH]c(=O)c1C(C)C. The van der Waals surface area contributed by atoms with Gasteiger partial charge in [0.2, 0.25) is 0 Å². The molecule has 0 aliphatic heterocycles. The van der Waals surface area contributed by atoms with Gasteiger partial charge in [-0.2, -0.15) is 8.78 Å². The molecule has 3 nitrogen and oxygen atoms in total. The highest BCUT2D eigenvalue weighted by molar-refractivity contribution is 7.99. The summed E-state index contributed by atoms with van der Waals surface area (Å²) in [7, 11) is 0. The molecule has 0 atom stereocenters. The average molecular weight is 292 g/mol. The summed E-state index contributed by atoms with van der Waals surface area (Å²) in [4.78, 5) is 18.5. The van der Waals surface area contributed by atoms with Gasteiger partial charge in [-0.25, -0.2) is 9.37 Å². The lowest BCUT2D eigenvalue weighted by molar-refractivity contribution is 0.373. The van der Waals surface area contributed by atoms with Gasteiger partial charge in [-0.15, -0.1) is 0 Å². The van der Waals surface area contributed by atoms with Crippen LogP contribution in [0.25, 0.3) is 0 Å². The Kier molecular flexibility index (Phi) is 5.65. The van der Waals surface area contributed by atoms with Crippen LogP contribution in [0.3, 0.4) is 0 Å². The molecule has 106 valence electrons. The van der Waals surface area contributed by atoms with Crippen molar-refractivity contribution in [2.45, 2.75) is 38.3 Å². The first-order chi connectivity index (χ1) is 8.82. The number of halogens is 3. The predicted octanol–water partition coefficient (Wildman–Crippen LogP) is 3.76. The largest absolute Gasteiger partial charge is 0.301 e. The van der Waals surface area contributed by atoms with E-state index in [9.17, 15) is 18.0 Å². The third-order valence-electron chi connectivity index (χ3n) is 2.47. The maximum Gasteiger partial charge on any atom is 0.301 e. The number of H-pyrrole nitrogens is 1. The van der Waals surface area contributed by atoms with Gasteiger partial charge in [-0.3, -0.25) is 4.79 Å². The Morgan fingerprint density at radius 1 is 1.37 bits per heavy atom. The van der Waals surface area contributed by atoms with E-state index in [-0.39, 0.29) is 23.7 Å². The highest BCUT2D eigenvalue weighted by Gasteiger charge is 2.12. The molecule has 0 spiro atoms. The normalized spacial score (nSPS) is 10.9. The maximum absolute atomic E-state index is 12.6. The van der Waals surface area contributed by atoms with Crippen molar-refractivity contribution < 1.29 is 13.2 Å². The molecule has 0 aromatic carbocycles. The van der Waals surface area contributed by atoms with Gasteiger partial charge >= 0.3 is 6.08 Å². The fourth-order valence-electron chi connectivity index (χ4n) is 1.65. The van der Waals surface area contributed by atoms with Gasteiger partial charge in [0.15, 0.2) is 11.0 Å². The Hall–Kier alpha value is -1.24. The van der Waals surface area contributed by atoms with E-state index < -0.39 is 11.9 Å². The molecule has 0 saturated heterocycles. The van der Waals surface area contributed by atoms with Crippen molar-refractivity contribution in [2.75, 3.05) is 5.75 Å². The molecule has 1 aromatic rings. The Labute approximate surface area is 113 Å².